The zero-order valence-electron chi connectivity index (χ0n) is 13.5. The second-order valence-electron chi connectivity index (χ2n) is 5.97. The fraction of sp³-hybridized carbons (Fsp3) is 0.312. The second kappa shape index (κ2) is 6.84. The number of halogens is 1. The number of rotatable bonds is 5. The predicted molar refractivity (Wildman–Crippen MR) is 90.5 cm³/mol. The van der Waals surface area contributed by atoms with Crippen LogP contribution in [0.4, 0.5) is 4.39 Å². The van der Waals surface area contributed by atoms with Crippen LogP contribution in [-0.4, -0.2) is 39.5 Å². The normalized spacial score (nSPS) is 19.3. The SMILES string of the molecule is O=C(NCc1ccco1)c1cc(S(=O)(=O)[C@H]2CCS(=O)(=O)C2)ccc1F. The number of furan rings is 1. The summed E-state index contributed by atoms with van der Waals surface area (Å²) in [7, 11) is -7.38. The highest BCUT2D eigenvalue weighted by molar-refractivity contribution is 7.96. The third-order valence-corrected chi connectivity index (χ3v) is 8.31. The Morgan fingerprint density at radius 2 is 2.08 bits per heavy atom. The molecule has 140 valence electrons. The van der Waals surface area contributed by atoms with Gasteiger partial charge in [-0.3, -0.25) is 4.79 Å². The number of benzene rings is 1. The number of carbonyl (C=O) groups is 1. The van der Waals surface area contributed by atoms with E-state index in [-0.39, 0.29) is 23.6 Å². The van der Waals surface area contributed by atoms with Crippen molar-refractivity contribution in [1.82, 2.24) is 5.32 Å². The van der Waals surface area contributed by atoms with Gasteiger partial charge >= 0.3 is 0 Å². The van der Waals surface area contributed by atoms with E-state index in [0.717, 1.165) is 18.2 Å². The van der Waals surface area contributed by atoms with Crippen molar-refractivity contribution >= 4 is 25.6 Å². The van der Waals surface area contributed by atoms with Gasteiger partial charge in [0.15, 0.2) is 19.7 Å². The highest BCUT2D eigenvalue weighted by Crippen LogP contribution is 2.26. The van der Waals surface area contributed by atoms with Crippen molar-refractivity contribution in [3.63, 3.8) is 0 Å². The summed E-state index contributed by atoms with van der Waals surface area (Å²) in [6, 6.07) is 6.12. The van der Waals surface area contributed by atoms with Crippen LogP contribution >= 0.6 is 0 Å². The van der Waals surface area contributed by atoms with Gasteiger partial charge in [0.2, 0.25) is 0 Å². The van der Waals surface area contributed by atoms with Crippen molar-refractivity contribution in [2.75, 3.05) is 11.5 Å². The van der Waals surface area contributed by atoms with E-state index in [1.165, 1.54) is 6.26 Å². The molecule has 1 aromatic carbocycles. The van der Waals surface area contributed by atoms with E-state index in [1.54, 1.807) is 12.1 Å². The molecule has 0 unspecified atom stereocenters. The molecule has 0 bridgehead atoms. The molecule has 0 aliphatic carbocycles. The Morgan fingerprint density at radius 3 is 2.69 bits per heavy atom. The maximum absolute atomic E-state index is 14.0. The third kappa shape index (κ3) is 3.80. The van der Waals surface area contributed by atoms with E-state index < -0.39 is 48.0 Å². The van der Waals surface area contributed by atoms with Crippen LogP contribution in [0.2, 0.25) is 0 Å². The lowest BCUT2D eigenvalue weighted by molar-refractivity contribution is 0.0943. The Balaban J connectivity index is 1.84. The van der Waals surface area contributed by atoms with Gasteiger partial charge in [-0.1, -0.05) is 0 Å². The van der Waals surface area contributed by atoms with Crippen LogP contribution in [0.1, 0.15) is 22.5 Å². The summed E-state index contributed by atoms with van der Waals surface area (Å²) in [5.41, 5.74) is -0.432. The van der Waals surface area contributed by atoms with Crippen molar-refractivity contribution < 1.29 is 30.4 Å². The van der Waals surface area contributed by atoms with Crippen LogP contribution in [0.5, 0.6) is 0 Å². The average Bonchev–Trinajstić information content (AvgIpc) is 3.22. The standard InChI is InChI=1S/C16H16FNO6S2/c17-15-4-3-12(26(22,23)13-5-7-25(20,21)10-13)8-14(15)16(19)18-9-11-2-1-6-24-11/h1-4,6,8,13H,5,7,9-10H2,(H,18,19)/t13-/m0/s1. The van der Waals surface area contributed by atoms with Crippen LogP contribution in [0.25, 0.3) is 0 Å². The van der Waals surface area contributed by atoms with E-state index in [9.17, 15) is 26.0 Å². The lowest BCUT2D eigenvalue weighted by Gasteiger charge is -2.12. The summed E-state index contributed by atoms with van der Waals surface area (Å²) >= 11 is 0. The second-order valence-corrected chi connectivity index (χ2v) is 10.4. The van der Waals surface area contributed by atoms with E-state index in [4.69, 9.17) is 4.42 Å². The number of nitrogens with one attached hydrogen (secondary N) is 1. The highest BCUT2D eigenvalue weighted by Gasteiger charge is 2.38. The predicted octanol–water partition coefficient (Wildman–Crippen LogP) is 1.31. The summed E-state index contributed by atoms with van der Waals surface area (Å²) in [6.45, 7) is 0.0170. The molecule has 1 aliphatic rings. The zero-order chi connectivity index (χ0) is 18.9. The van der Waals surface area contributed by atoms with Gasteiger partial charge in [-0.15, -0.1) is 0 Å². The Labute approximate surface area is 150 Å². The quantitative estimate of drug-likeness (QED) is 0.757. The summed E-state index contributed by atoms with van der Waals surface area (Å²) in [5, 5.41) is 1.35. The molecule has 0 spiro atoms. The molecule has 1 fully saturated rings. The smallest absolute Gasteiger partial charge is 0.254 e. The van der Waals surface area contributed by atoms with Crippen LogP contribution in [0.15, 0.2) is 45.9 Å². The van der Waals surface area contributed by atoms with Gasteiger partial charge in [-0.2, -0.15) is 0 Å². The van der Waals surface area contributed by atoms with Gasteiger partial charge < -0.3 is 9.73 Å². The minimum absolute atomic E-state index is 0.0118. The fourth-order valence-corrected chi connectivity index (χ4v) is 7.11. The average molecular weight is 401 g/mol. The Bertz CT molecular complexity index is 1030. The minimum atomic E-state index is -3.99. The maximum atomic E-state index is 14.0. The molecule has 3 rings (SSSR count). The van der Waals surface area contributed by atoms with Crippen LogP contribution in [0, 0.1) is 5.82 Å². The van der Waals surface area contributed by atoms with Crippen LogP contribution < -0.4 is 5.32 Å². The molecule has 1 N–H and O–H groups in total. The van der Waals surface area contributed by atoms with Gasteiger partial charge in [0, 0.05) is 0 Å². The number of sulfone groups is 2. The van der Waals surface area contributed by atoms with Gasteiger partial charge in [0.05, 0.1) is 40.0 Å². The van der Waals surface area contributed by atoms with E-state index in [0.29, 0.717) is 5.76 Å². The molecule has 1 atom stereocenters. The Hall–Kier alpha value is -2.20. The molecule has 2 aromatic rings. The molecule has 1 aliphatic heterocycles. The first-order valence-electron chi connectivity index (χ1n) is 7.73. The number of hydrogen-bond donors (Lipinski definition) is 1. The molecular weight excluding hydrogens is 385 g/mol. The Kier molecular flexibility index (Phi) is 4.89. The van der Waals surface area contributed by atoms with Gasteiger partial charge in [-0.05, 0) is 36.8 Å². The molecule has 7 nitrogen and oxygen atoms in total. The van der Waals surface area contributed by atoms with Gasteiger partial charge in [0.1, 0.15) is 11.6 Å². The largest absolute Gasteiger partial charge is 0.467 e. The van der Waals surface area contributed by atoms with Crippen molar-refractivity contribution in [1.29, 1.82) is 0 Å². The summed E-state index contributed by atoms with van der Waals surface area (Å²) in [6.07, 6.45) is 1.41. The molecule has 1 saturated heterocycles. The number of hydrogen-bond acceptors (Lipinski definition) is 6. The van der Waals surface area contributed by atoms with E-state index in [1.807, 2.05) is 0 Å². The monoisotopic (exact) mass is 401 g/mol. The van der Waals surface area contributed by atoms with Crippen molar-refractivity contribution in [3.05, 3.63) is 53.7 Å². The van der Waals surface area contributed by atoms with Crippen molar-refractivity contribution in [2.24, 2.45) is 0 Å². The zero-order valence-corrected chi connectivity index (χ0v) is 15.1. The molecule has 0 radical (unpaired) electrons. The first kappa shape index (κ1) is 18.6. The molecule has 10 heteroatoms. The third-order valence-electron chi connectivity index (χ3n) is 4.14. The fourth-order valence-electron chi connectivity index (χ4n) is 2.73. The van der Waals surface area contributed by atoms with Crippen molar-refractivity contribution in [3.8, 4) is 0 Å². The maximum Gasteiger partial charge on any atom is 0.254 e. The van der Waals surface area contributed by atoms with Gasteiger partial charge in [-0.25, -0.2) is 21.2 Å². The first-order valence-corrected chi connectivity index (χ1v) is 11.1. The summed E-state index contributed by atoms with van der Waals surface area (Å²) < 4.78 is 67.4. The molecule has 26 heavy (non-hydrogen) atoms. The van der Waals surface area contributed by atoms with Crippen LogP contribution in [-0.2, 0) is 26.2 Å². The molecular formula is C16H16FNO6S2. The minimum Gasteiger partial charge on any atom is -0.467 e. The lowest BCUT2D eigenvalue weighted by atomic mass is 10.2. The van der Waals surface area contributed by atoms with Crippen LogP contribution in [0.3, 0.4) is 0 Å². The summed E-state index contributed by atoms with van der Waals surface area (Å²) in [4.78, 5) is 11.9. The molecule has 0 saturated carbocycles. The number of amides is 1. The first-order chi connectivity index (χ1) is 12.2. The highest BCUT2D eigenvalue weighted by atomic mass is 32.2. The van der Waals surface area contributed by atoms with E-state index >= 15 is 0 Å². The Morgan fingerprint density at radius 1 is 1.31 bits per heavy atom. The number of carbonyl (C=O) groups excluding carboxylic acids is 1. The van der Waals surface area contributed by atoms with E-state index in [2.05, 4.69) is 5.32 Å². The van der Waals surface area contributed by atoms with Crippen molar-refractivity contribution in [2.45, 2.75) is 23.1 Å². The summed E-state index contributed by atoms with van der Waals surface area (Å²) in [5.74, 6) is -1.88. The molecule has 2 heterocycles. The van der Waals surface area contributed by atoms with Gasteiger partial charge in [0.25, 0.3) is 5.91 Å². The molecule has 1 aromatic heterocycles. The lowest BCUT2D eigenvalue weighted by Crippen LogP contribution is -2.26. The topological polar surface area (TPSA) is 111 Å². The molecule has 1 amide bonds.